The molecule has 132 valence electrons. The molecule has 1 nitrogen and oxygen atoms in total. The van der Waals surface area contributed by atoms with E-state index >= 15 is 0 Å². The summed E-state index contributed by atoms with van der Waals surface area (Å²) in [4.78, 5) is 0. The molecule has 26 heavy (non-hydrogen) atoms. The first kappa shape index (κ1) is 16.6. The number of fused-ring (bicyclic) bond motifs is 3. The molecule has 4 rings (SSSR count). The Morgan fingerprint density at radius 3 is 1.42 bits per heavy atom. The second kappa shape index (κ2) is 5.59. The van der Waals surface area contributed by atoms with Crippen molar-refractivity contribution in [3.8, 4) is 5.69 Å². The Kier molecular flexibility index (Phi) is 3.58. The normalized spacial score (nSPS) is 11.7. The number of nitrogens with zero attached hydrogens (tertiary/aromatic N) is 1. The van der Waals surface area contributed by atoms with E-state index in [4.69, 9.17) is 0 Å². The van der Waals surface area contributed by atoms with Crippen LogP contribution < -0.4 is 0 Å². The number of halogens is 4. The minimum Gasteiger partial charge on any atom is -0.304 e. The van der Waals surface area contributed by atoms with E-state index < -0.39 is 23.3 Å². The van der Waals surface area contributed by atoms with Crippen molar-refractivity contribution in [2.75, 3.05) is 0 Å². The van der Waals surface area contributed by atoms with Crippen LogP contribution in [0.5, 0.6) is 0 Å². The van der Waals surface area contributed by atoms with E-state index in [-0.39, 0.29) is 16.7 Å². The molecule has 0 aliphatic rings. The van der Waals surface area contributed by atoms with Crippen molar-refractivity contribution < 1.29 is 17.6 Å². The molecule has 3 aromatic carbocycles. The maximum atomic E-state index is 14.6. The lowest BCUT2D eigenvalue weighted by Crippen LogP contribution is -2.03. The van der Waals surface area contributed by atoms with E-state index in [2.05, 4.69) is 0 Å². The van der Waals surface area contributed by atoms with Gasteiger partial charge >= 0.3 is 0 Å². The Morgan fingerprint density at radius 1 is 0.577 bits per heavy atom. The summed E-state index contributed by atoms with van der Waals surface area (Å²) in [6.45, 7) is 4.80. The van der Waals surface area contributed by atoms with Crippen LogP contribution in [0.2, 0.25) is 0 Å². The fraction of sp³-hybridized carbons (Fsp3) is 0.143. The van der Waals surface area contributed by atoms with Crippen LogP contribution in [0.1, 0.15) is 16.7 Å². The van der Waals surface area contributed by atoms with Crippen molar-refractivity contribution in [1.82, 2.24) is 4.57 Å². The first-order valence-electron chi connectivity index (χ1n) is 8.14. The van der Waals surface area contributed by atoms with E-state index in [1.165, 1.54) is 28.8 Å². The molecule has 0 aliphatic carbocycles. The molecule has 0 N–H and O–H groups in total. The van der Waals surface area contributed by atoms with Gasteiger partial charge in [-0.3, -0.25) is 0 Å². The Bertz CT molecular complexity index is 1120. The van der Waals surface area contributed by atoms with Crippen LogP contribution in [0.25, 0.3) is 27.5 Å². The van der Waals surface area contributed by atoms with Crippen molar-refractivity contribution in [1.29, 1.82) is 0 Å². The zero-order valence-electron chi connectivity index (χ0n) is 14.4. The summed E-state index contributed by atoms with van der Waals surface area (Å²) in [5.74, 6) is -2.56. The highest BCUT2D eigenvalue weighted by molar-refractivity contribution is 6.09. The van der Waals surface area contributed by atoms with Gasteiger partial charge in [0, 0.05) is 10.8 Å². The monoisotopic (exact) mass is 357 g/mol. The quantitative estimate of drug-likeness (QED) is 0.354. The molecule has 0 bridgehead atoms. The predicted molar refractivity (Wildman–Crippen MR) is 94.8 cm³/mol. The third-order valence-electron chi connectivity index (χ3n) is 4.71. The summed E-state index contributed by atoms with van der Waals surface area (Å²) in [5.41, 5.74) is 1.46. The molecule has 0 spiro atoms. The highest BCUT2D eigenvalue weighted by atomic mass is 19.1. The molecule has 1 heterocycles. The highest BCUT2D eigenvalue weighted by Gasteiger charge is 2.21. The van der Waals surface area contributed by atoms with Gasteiger partial charge in [0.25, 0.3) is 0 Å². The summed E-state index contributed by atoms with van der Waals surface area (Å²) in [6, 6.07) is 8.10. The van der Waals surface area contributed by atoms with Crippen LogP contribution in [-0.4, -0.2) is 4.57 Å². The van der Waals surface area contributed by atoms with E-state index in [1.54, 1.807) is 32.9 Å². The number of benzene rings is 3. The lowest BCUT2D eigenvalue weighted by Gasteiger charge is -2.11. The second-order valence-corrected chi connectivity index (χ2v) is 6.65. The maximum absolute atomic E-state index is 14.6. The van der Waals surface area contributed by atoms with Gasteiger partial charge in [-0.25, -0.2) is 17.6 Å². The summed E-state index contributed by atoms with van der Waals surface area (Å²) in [5, 5.41) is 1.22. The Labute approximate surface area is 147 Å². The van der Waals surface area contributed by atoms with Crippen LogP contribution >= 0.6 is 0 Å². The topological polar surface area (TPSA) is 4.93 Å². The molecule has 0 unspecified atom stereocenters. The van der Waals surface area contributed by atoms with E-state index in [9.17, 15) is 17.6 Å². The van der Waals surface area contributed by atoms with E-state index in [1.807, 2.05) is 0 Å². The smallest absolute Gasteiger partial charge is 0.150 e. The fourth-order valence-electron chi connectivity index (χ4n) is 3.42. The van der Waals surface area contributed by atoms with Crippen molar-refractivity contribution >= 4 is 21.8 Å². The lowest BCUT2D eigenvalue weighted by molar-refractivity contribution is 0.570. The Morgan fingerprint density at radius 2 is 1.00 bits per heavy atom. The summed E-state index contributed by atoms with van der Waals surface area (Å²) >= 11 is 0. The molecule has 5 heteroatoms. The molecule has 0 amide bonds. The van der Waals surface area contributed by atoms with Crippen molar-refractivity contribution in [2.24, 2.45) is 0 Å². The third kappa shape index (κ3) is 2.30. The van der Waals surface area contributed by atoms with Crippen molar-refractivity contribution in [3.63, 3.8) is 0 Å². The summed E-state index contributed by atoms with van der Waals surface area (Å²) in [7, 11) is 0. The van der Waals surface area contributed by atoms with Gasteiger partial charge in [0.2, 0.25) is 0 Å². The van der Waals surface area contributed by atoms with Gasteiger partial charge in [-0.2, -0.15) is 0 Å². The largest absolute Gasteiger partial charge is 0.304 e. The lowest BCUT2D eigenvalue weighted by atomic mass is 10.1. The van der Waals surface area contributed by atoms with E-state index in [0.717, 1.165) is 0 Å². The van der Waals surface area contributed by atoms with Crippen LogP contribution in [0.4, 0.5) is 17.6 Å². The summed E-state index contributed by atoms with van der Waals surface area (Å²) in [6.07, 6.45) is 0. The molecule has 4 aromatic rings. The average molecular weight is 357 g/mol. The summed E-state index contributed by atoms with van der Waals surface area (Å²) < 4.78 is 59.0. The van der Waals surface area contributed by atoms with Gasteiger partial charge < -0.3 is 4.57 Å². The number of hydrogen-bond donors (Lipinski definition) is 0. The molecule has 1 aromatic heterocycles. The van der Waals surface area contributed by atoms with Gasteiger partial charge in [-0.05, 0) is 73.9 Å². The molecular weight excluding hydrogens is 342 g/mol. The van der Waals surface area contributed by atoms with Gasteiger partial charge in [0.15, 0.2) is 0 Å². The standard InChI is InChI=1S/C21H15F4N/c1-10-4-17(24)21(18(25)5-10)26-19-8-15(22)11(2)6-13(19)14-7-12(3)16(23)9-20(14)26/h4-9H,1-3H3. The van der Waals surface area contributed by atoms with Crippen LogP contribution in [0, 0.1) is 44.0 Å². The first-order valence-corrected chi connectivity index (χ1v) is 8.14. The van der Waals surface area contributed by atoms with Gasteiger partial charge in [0.05, 0.1) is 11.0 Å². The number of aryl methyl sites for hydroxylation is 3. The minimum atomic E-state index is -0.789. The van der Waals surface area contributed by atoms with Crippen LogP contribution in [0.15, 0.2) is 36.4 Å². The highest BCUT2D eigenvalue weighted by Crippen LogP contribution is 2.36. The molecule has 0 saturated heterocycles. The fourth-order valence-corrected chi connectivity index (χ4v) is 3.42. The first-order chi connectivity index (χ1) is 12.3. The van der Waals surface area contributed by atoms with Gasteiger partial charge in [0.1, 0.15) is 29.0 Å². The maximum Gasteiger partial charge on any atom is 0.150 e. The zero-order chi connectivity index (χ0) is 18.7. The average Bonchev–Trinajstić information content (AvgIpc) is 2.81. The van der Waals surface area contributed by atoms with Crippen molar-refractivity contribution in [2.45, 2.75) is 20.8 Å². The molecule has 0 radical (unpaired) electrons. The number of aromatic nitrogens is 1. The van der Waals surface area contributed by atoms with Crippen molar-refractivity contribution in [3.05, 3.63) is 76.4 Å². The Balaban J connectivity index is 2.27. The van der Waals surface area contributed by atoms with Crippen LogP contribution in [0.3, 0.4) is 0 Å². The molecule has 0 atom stereocenters. The number of rotatable bonds is 1. The SMILES string of the molecule is Cc1cc(F)c(-n2c3cc(F)c(C)cc3c3cc(C)c(F)cc32)c(F)c1. The molecule has 0 saturated carbocycles. The zero-order valence-corrected chi connectivity index (χ0v) is 14.4. The molecule has 0 aliphatic heterocycles. The van der Waals surface area contributed by atoms with Gasteiger partial charge in [-0.15, -0.1) is 0 Å². The second-order valence-electron chi connectivity index (χ2n) is 6.65. The van der Waals surface area contributed by atoms with Gasteiger partial charge in [-0.1, -0.05) is 0 Å². The number of hydrogen-bond acceptors (Lipinski definition) is 0. The molecule has 0 fully saturated rings. The Hall–Kier alpha value is -2.82. The minimum absolute atomic E-state index is 0.287. The molecular formula is C21H15F4N. The third-order valence-corrected chi connectivity index (χ3v) is 4.71. The van der Waals surface area contributed by atoms with Crippen LogP contribution in [-0.2, 0) is 0 Å². The van der Waals surface area contributed by atoms with E-state index in [0.29, 0.717) is 27.5 Å². The predicted octanol–water partition coefficient (Wildman–Crippen LogP) is 6.27.